The number of methoxy groups -OCH3 is 1. The molecule has 4 rings (SSSR count). The number of rotatable bonds is 6. The van der Waals surface area contributed by atoms with E-state index in [4.69, 9.17) is 21.1 Å². The molecule has 1 fully saturated rings. The van der Waals surface area contributed by atoms with E-state index in [-0.39, 0.29) is 18.6 Å². The van der Waals surface area contributed by atoms with E-state index in [0.717, 1.165) is 38.1 Å². The van der Waals surface area contributed by atoms with Gasteiger partial charge in [0.25, 0.3) is 0 Å². The van der Waals surface area contributed by atoms with Crippen LogP contribution in [0.5, 0.6) is 5.75 Å². The Labute approximate surface area is 188 Å². The van der Waals surface area contributed by atoms with Gasteiger partial charge in [-0.25, -0.2) is 0 Å². The Hall–Kier alpha value is -2.56. The highest BCUT2D eigenvalue weighted by atomic mass is 35.5. The van der Waals surface area contributed by atoms with Crippen molar-refractivity contribution in [3.8, 4) is 17.0 Å². The summed E-state index contributed by atoms with van der Waals surface area (Å²) in [6.45, 7) is 1.70. The highest BCUT2D eigenvalue weighted by Crippen LogP contribution is 2.39. The third-order valence-corrected chi connectivity index (χ3v) is 5.69. The molecular weight excluding hydrogens is 447 g/mol. The molecule has 172 valence electrons. The number of nitrogens with one attached hydrogen (secondary N) is 1. The van der Waals surface area contributed by atoms with Gasteiger partial charge in [-0.2, -0.15) is 13.2 Å². The van der Waals surface area contributed by atoms with Crippen molar-refractivity contribution in [1.29, 1.82) is 0 Å². The van der Waals surface area contributed by atoms with Crippen molar-refractivity contribution in [1.82, 2.24) is 19.5 Å². The van der Waals surface area contributed by atoms with Crippen LogP contribution in [0.25, 0.3) is 16.8 Å². The summed E-state index contributed by atoms with van der Waals surface area (Å²) in [5.41, 5.74) is 0.330. The SMILES string of the molecule is COCOc1cc(C(F)(F)F)ccc1-c1nnc(N[C@@H]2CCCN(C)C2)n2ccc(Cl)c12. The molecule has 32 heavy (non-hydrogen) atoms. The van der Waals surface area contributed by atoms with Crippen LogP contribution in [0, 0.1) is 0 Å². The van der Waals surface area contributed by atoms with Crippen LogP contribution in [0.15, 0.2) is 30.5 Å². The minimum Gasteiger partial charge on any atom is -0.467 e. The first-order chi connectivity index (χ1) is 15.3. The lowest BCUT2D eigenvalue weighted by molar-refractivity contribution is -0.137. The fraction of sp³-hybridized carbons (Fsp3) is 0.429. The number of benzene rings is 1. The van der Waals surface area contributed by atoms with Crippen LogP contribution in [0.3, 0.4) is 0 Å². The van der Waals surface area contributed by atoms with Gasteiger partial charge in [-0.15, -0.1) is 10.2 Å². The van der Waals surface area contributed by atoms with Crippen LogP contribution < -0.4 is 10.1 Å². The summed E-state index contributed by atoms with van der Waals surface area (Å²) in [7, 11) is 3.45. The molecule has 1 aliphatic rings. The van der Waals surface area contributed by atoms with Crippen molar-refractivity contribution in [3.05, 3.63) is 41.0 Å². The molecule has 0 aliphatic carbocycles. The van der Waals surface area contributed by atoms with Gasteiger partial charge in [-0.05, 0) is 50.7 Å². The number of fused-ring (bicyclic) bond motifs is 1. The first-order valence-electron chi connectivity index (χ1n) is 10.1. The molecule has 1 aromatic carbocycles. The van der Waals surface area contributed by atoms with Crippen molar-refractivity contribution in [3.63, 3.8) is 0 Å². The first kappa shape index (κ1) is 22.6. The summed E-state index contributed by atoms with van der Waals surface area (Å²) in [6, 6.07) is 5.11. The minimum atomic E-state index is -4.52. The number of hydrogen-bond acceptors (Lipinski definition) is 6. The summed E-state index contributed by atoms with van der Waals surface area (Å²) in [5, 5.41) is 12.5. The summed E-state index contributed by atoms with van der Waals surface area (Å²) < 4.78 is 51.8. The number of alkyl halides is 3. The van der Waals surface area contributed by atoms with Crippen molar-refractivity contribution in [2.45, 2.75) is 25.1 Å². The summed E-state index contributed by atoms with van der Waals surface area (Å²) in [6.07, 6.45) is -0.692. The monoisotopic (exact) mass is 469 g/mol. The van der Waals surface area contributed by atoms with Crippen LogP contribution in [0.2, 0.25) is 5.02 Å². The van der Waals surface area contributed by atoms with Crippen LogP contribution >= 0.6 is 11.6 Å². The summed E-state index contributed by atoms with van der Waals surface area (Å²) in [4.78, 5) is 2.24. The van der Waals surface area contributed by atoms with Gasteiger partial charge in [0.15, 0.2) is 6.79 Å². The molecule has 0 saturated carbocycles. The second kappa shape index (κ2) is 9.13. The molecule has 3 aromatic rings. The van der Waals surface area contributed by atoms with Gasteiger partial charge >= 0.3 is 6.18 Å². The molecule has 0 bridgehead atoms. The van der Waals surface area contributed by atoms with Gasteiger partial charge in [0.05, 0.1) is 16.1 Å². The third kappa shape index (κ3) is 4.62. The molecule has 1 N–H and O–H groups in total. The molecule has 0 radical (unpaired) electrons. The average molecular weight is 470 g/mol. The van der Waals surface area contributed by atoms with Gasteiger partial charge in [-0.1, -0.05) is 11.6 Å². The average Bonchev–Trinajstić information content (AvgIpc) is 3.14. The van der Waals surface area contributed by atoms with Crippen molar-refractivity contribution in [2.24, 2.45) is 0 Å². The maximum atomic E-state index is 13.2. The zero-order valence-electron chi connectivity index (χ0n) is 17.6. The zero-order chi connectivity index (χ0) is 22.9. The second-order valence-electron chi connectivity index (χ2n) is 7.76. The number of ether oxygens (including phenoxy) is 2. The van der Waals surface area contributed by atoms with Crippen LogP contribution in [-0.4, -0.2) is 59.6 Å². The Bertz CT molecular complexity index is 1100. The van der Waals surface area contributed by atoms with E-state index in [1.165, 1.54) is 13.2 Å². The van der Waals surface area contributed by atoms with Crippen molar-refractivity contribution in [2.75, 3.05) is 39.4 Å². The van der Waals surface area contributed by atoms with Crippen molar-refractivity contribution >= 4 is 23.1 Å². The summed E-state index contributed by atoms with van der Waals surface area (Å²) in [5.74, 6) is 0.493. The standard InChI is InChI=1S/C21H23ClF3N5O2/c1-29-8-3-4-14(11-29)26-20-28-27-18(19-16(22)7-9-30(19)20)15-6-5-13(21(23,24)25)10-17(15)32-12-31-2/h5-7,9-10,14H,3-4,8,11-12H2,1-2H3,(H,26,28)/t14-/m1/s1. The molecule has 1 atom stereocenters. The van der Waals surface area contributed by atoms with Crippen LogP contribution in [0.1, 0.15) is 18.4 Å². The Morgan fingerprint density at radius 2 is 2.06 bits per heavy atom. The number of nitrogens with zero attached hydrogens (tertiary/aromatic N) is 4. The van der Waals surface area contributed by atoms with E-state index in [1.54, 1.807) is 16.7 Å². The van der Waals surface area contributed by atoms with Gasteiger partial charge < -0.3 is 19.7 Å². The number of anilines is 1. The molecule has 1 saturated heterocycles. The lowest BCUT2D eigenvalue weighted by Gasteiger charge is -2.30. The quantitative estimate of drug-likeness (QED) is 0.534. The maximum Gasteiger partial charge on any atom is 0.416 e. The molecular formula is C21H23ClF3N5O2. The van der Waals surface area contributed by atoms with E-state index >= 15 is 0 Å². The molecule has 11 heteroatoms. The van der Waals surface area contributed by atoms with Gasteiger partial charge in [0, 0.05) is 31.5 Å². The number of piperidine rings is 1. The first-order valence-corrected chi connectivity index (χ1v) is 10.5. The Kier molecular flexibility index (Phi) is 6.45. The molecule has 0 amide bonds. The third-order valence-electron chi connectivity index (χ3n) is 5.39. The summed E-state index contributed by atoms with van der Waals surface area (Å²) >= 11 is 6.46. The van der Waals surface area contributed by atoms with Crippen LogP contribution in [-0.2, 0) is 10.9 Å². The number of likely N-dealkylation sites (N-methyl/N-ethyl adjacent to an activating group) is 1. The zero-order valence-corrected chi connectivity index (χ0v) is 18.4. The highest BCUT2D eigenvalue weighted by molar-refractivity contribution is 6.34. The fourth-order valence-electron chi connectivity index (χ4n) is 3.89. The molecule has 7 nitrogen and oxygen atoms in total. The fourth-order valence-corrected chi connectivity index (χ4v) is 4.12. The van der Waals surface area contributed by atoms with Gasteiger partial charge in [0.2, 0.25) is 5.95 Å². The molecule has 1 aliphatic heterocycles. The normalized spacial score (nSPS) is 17.6. The maximum absolute atomic E-state index is 13.2. The molecule has 3 heterocycles. The lowest BCUT2D eigenvalue weighted by Crippen LogP contribution is -2.40. The molecule has 0 unspecified atom stereocenters. The van der Waals surface area contributed by atoms with Gasteiger partial charge in [-0.3, -0.25) is 4.40 Å². The highest BCUT2D eigenvalue weighted by Gasteiger charge is 2.32. The van der Waals surface area contributed by atoms with E-state index in [2.05, 4.69) is 27.5 Å². The largest absolute Gasteiger partial charge is 0.467 e. The van der Waals surface area contributed by atoms with E-state index in [9.17, 15) is 13.2 Å². The Morgan fingerprint density at radius 3 is 2.78 bits per heavy atom. The Morgan fingerprint density at radius 1 is 1.25 bits per heavy atom. The Balaban J connectivity index is 1.77. The molecule has 2 aromatic heterocycles. The number of likely N-dealkylation sites (tertiary alicyclic amines) is 1. The van der Waals surface area contributed by atoms with Crippen molar-refractivity contribution < 1.29 is 22.6 Å². The van der Waals surface area contributed by atoms with Crippen LogP contribution in [0.4, 0.5) is 19.1 Å². The van der Waals surface area contributed by atoms with E-state index in [0.29, 0.717) is 27.7 Å². The lowest BCUT2D eigenvalue weighted by atomic mass is 10.1. The van der Waals surface area contributed by atoms with E-state index in [1.807, 2.05) is 0 Å². The van der Waals surface area contributed by atoms with E-state index < -0.39 is 11.7 Å². The minimum absolute atomic E-state index is 0.0234. The second-order valence-corrected chi connectivity index (χ2v) is 8.17. The molecule has 0 spiro atoms. The predicted octanol–water partition coefficient (Wildman–Crippen LogP) is 4.56. The predicted molar refractivity (Wildman–Crippen MR) is 115 cm³/mol. The number of halogens is 4. The van der Waals surface area contributed by atoms with Gasteiger partial charge in [0.1, 0.15) is 11.4 Å². The smallest absolute Gasteiger partial charge is 0.416 e. The topological polar surface area (TPSA) is 63.9 Å². The number of aromatic nitrogens is 3. The number of hydrogen-bond donors (Lipinski definition) is 1.